The number of ether oxygens (including phenoxy) is 1. The molecule has 0 radical (unpaired) electrons. The molecule has 0 saturated carbocycles. The van der Waals surface area contributed by atoms with Gasteiger partial charge in [-0.1, -0.05) is 13.8 Å². The second kappa shape index (κ2) is 7.05. The molecule has 0 aliphatic carbocycles. The number of hydrogen-bond donors (Lipinski definition) is 1. The summed E-state index contributed by atoms with van der Waals surface area (Å²) in [6.45, 7) is 4.77. The monoisotopic (exact) mass is 312 g/mol. The molecule has 1 fully saturated rings. The van der Waals surface area contributed by atoms with E-state index in [1.807, 2.05) is 13.8 Å². The highest BCUT2D eigenvalue weighted by molar-refractivity contribution is 5.81. The maximum atomic E-state index is 13.7. The Morgan fingerprint density at radius 1 is 1.41 bits per heavy atom. The lowest BCUT2D eigenvalue weighted by molar-refractivity contribution is -0.142. The van der Waals surface area contributed by atoms with Crippen molar-refractivity contribution in [3.63, 3.8) is 0 Å². The van der Waals surface area contributed by atoms with E-state index in [2.05, 4.69) is 0 Å². The Morgan fingerprint density at radius 2 is 2.14 bits per heavy atom. The number of benzene rings is 1. The summed E-state index contributed by atoms with van der Waals surface area (Å²) in [5.41, 5.74) is 5.90. The van der Waals surface area contributed by atoms with Crippen LogP contribution in [0.4, 0.5) is 8.78 Å². The summed E-state index contributed by atoms with van der Waals surface area (Å²) in [5.74, 6) is -1.95. The molecule has 0 bridgehead atoms. The average molecular weight is 312 g/mol. The molecular formula is C16H22F2N2O2. The van der Waals surface area contributed by atoms with Gasteiger partial charge >= 0.3 is 0 Å². The minimum Gasteiger partial charge on any atom is -0.477 e. The van der Waals surface area contributed by atoms with E-state index in [1.165, 1.54) is 6.07 Å². The molecule has 1 saturated heterocycles. The number of halogens is 2. The molecule has 22 heavy (non-hydrogen) atoms. The van der Waals surface area contributed by atoms with Gasteiger partial charge in [0.1, 0.15) is 5.82 Å². The molecule has 1 amide bonds. The highest BCUT2D eigenvalue weighted by atomic mass is 19.1. The SMILES string of the molecule is CC(C)C(Oc1ccc(F)cc1F)C(=O)N1CCCC(N)C1. The number of nitrogens with zero attached hydrogens (tertiary/aromatic N) is 1. The minimum atomic E-state index is -0.815. The first-order valence-electron chi connectivity index (χ1n) is 7.54. The van der Waals surface area contributed by atoms with Crippen LogP contribution in [0.15, 0.2) is 18.2 Å². The lowest BCUT2D eigenvalue weighted by atomic mass is 10.0. The molecule has 1 aromatic rings. The van der Waals surface area contributed by atoms with Crippen LogP contribution in [0.2, 0.25) is 0 Å². The highest BCUT2D eigenvalue weighted by Crippen LogP contribution is 2.23. The van der Waals surface area contributed by atoms with Crippen molar-refractivity contribution in [2.45, 2.75) is 38.8 Å². The second-order valence-corrected chi connectivity index (χ2v) is 6.04. The molecule has 1 heterocycles. The number of nitrogens with two attached hydrogens (primary N) is 1. The summed E-state index contributed by atoms with van der Waals surface area (Å²) in [7, 11) is 0. The average Bonchev–Trinajstić information content (AvgIpc) is 2.45. The van der Waals surface area contributed by atoms with Gasteiger partial charge in [-0.15, -0.1) is 0 Å². The normalized spacial score (nSPS) is 20.1. The van der Waals surface area contributed by atoms with Gasteiger partial charge in [-0.05, 0) is 30.9 Å². The first-order valence-corrected chi connectivity index (χ1v) is 7.54. The Labute approximate surface area is 129 Å². The third-order valence-corrected chi connectivity index (χ3v) is 3.77. The van der Waals surface area contributed by atoms with Gasteiger partial charge in [-0.2, -0.15) is 0 Å². The van der Waals surface area contributed by atoms with Gasteiger partial charge in [0, 0.05) is 25.2 Å². The number of amides is 1. The smallest absolute Gasteiger partial charge is 0.263 e. The summed E-state index contributed by atoms with van der Waals surface area (Å²) in [6, 6.07) is 3.02. The van der Waals surface area contributed by atoms with Crippen LogP contribution in [-0.4, -0.2) is 36.0 Å². The lowest BCUT2D eigenvalue weighted by Crippen LogP contribution is -2.51. The number of likely N-dealkylation sites (tertiary alicyclic amines) is 1. The first-order chi connectivity index (χ1) is 10.4. The van der Waals surface area contributed by atoms with Crippen molar-refractivity contribution in [2.75, 3.05) is 13.1 Å². The summed E-state index contributed by atoms with van der Waals surface area (Å²) in [4.78, 5) is 14.3. The van der Waals surface area contributed by atoms with Gasteiger partial charge < -0.3 is 15.4 Å². The van der Waals surface area contributed by atoms with Crippen LogP contribution in [0.5, 0.6) is 5.75 Å². The minimum absolute atomic E-state index is 0.0342. The van der Waals surface area contributed by atoms with Crippen LogP contribution in [0.3, 0.4) is 0 Å². The van der Waals surface area contributed by atoms with Gasteiger partial charge in [0.05, 0.1) is 0 Å². The first kappa shape index (κ1) is 16.7. The quantitative estimate of drug-likeness (QED) is 0.928. The van der Waals surface area contributed by atoms with Crippen LogP contribution >= 0.6 is 0 Å². The Balaban J connectivity index is 2.13. The van der Waals surface area contributed by atoms with Crippen LogP contribution in [0, 0.1) is 17.6 Å². The maximum absolute atomic E-state index is 13.7. The molecule has 0 spiro atoms. The zero-order chi connectivity index (χ0) is 16.3. The molecular weight excluding hydrogens is 290 g/mol. The van der Waals surface area contributed by atoms with Crippen molar-refractivity contribution >= 4 is 5.91 Å². The lowest BCUT2D eigenvalue weighted by Gasteiger charge is -2.34. The fraction of sp³-hybridized carbons (Fsp3) is 0.562. The van der Waals surface area contributed by atoms with Crippen LogP contribution in [0.1, 0.15) is 26.7 Å². The predicted molar refractivity (Wildman–Crippen MR) is 79.4 cm³/mol. The molecule has 1 aliphatic rings. The van der Waals surface area contributed by atoms with Gasteiger partial charge in [0.2, 0.25) is 0 Å². The summed E-state index contributed by atoms with van der Waals surface area (Å²) < 4.78 is 32.2. The molecule has 1 aromatic carbocycles. The van der Waals surface area contributed by atoms with Gasteiger partial charge in [0.25, 0.3) is 5.91 Å². The summed E-state index contributed by atoms with van der Waals surface area (Å²) in [5, 5.41) is 0. The molecule has 6 heteroatoms. The molecule has 122 valence electrons. The van der Waals surface area contributed by atoms with Gasteiger partial charge in [-0.3, -0.25) is 4.79 Å². The van der Waals surface area contributed by atoms with Crippen LogP contribution in [0.25, 0.3) is 0 Å². The number of piperidine rings is 1. The largest absolute Gasteiger partial charge is 0.477 e. The van der Waals surface area contributed by atoms with Gasteiger partial charge in [-0.25, -0.2) is 8.78 Å². The van der Waals surface area contributed by atoms with Crippen molar-refractivity contribution in [1.29, 1.82) is 0 Å². The second-order valence-electron chi connectivity index (χ2n) is 6.04. The predicted octanol–water partition coefficient (Wildman–Crippen LogP) is 2.32. The van der Waals surface area contributed by atoms with Gasteiger partial charge in [0.15, 0.2) is 17.7 Å². The van der Waals surface area contributed by atoms with E-state index in [4.69, 9.17) is 10.5 Å². The Kier molecular flexibility index (Phi) is 5.34. The Morgan fingerprint density at radius 3 is 2.73 bits per heavy atom. The molecule has 4 nitrogen and oxygen atoms in total. The Bertz CT molecular complexity index is 537. The van der Waals surface area contributed by atoms with E-state index < -0.39 is 17.7 Å². The standard InChI is InChI=1S/C16H22F2N2O2/c1-10(2)15(16(21)20-7-3-4-12(19)9-20)22-14-6-5-11(17)8-13(14)18/h5-6,8,10,12,15H,3-4,7,9,19H2,1-2H3. The molecule has 2 unspecified atom stereocenters. The highest BCUT2D eigenvalue weighted by Gasteiger charge is 2.32. The van der Waals surface area contributed by atoms with E-state index in [1.54, 1.807) is 4.90 Å². The van der Waals surface area contributed by atoms with Crippen LogP contribution in [-0.2, 0) is 4.79 Å². The van der Waals surface area contributed by atoms with Crippen molar-refractivity contribution in [3.8, 4) is 5.75 Å². The molecule has 0 aromatic heterocycles. The van der Waals surface area contributed by atoms with Crippen molar-refractivity contribution in [3.05, 3.63) is 29.8 Å². The fourth-order valence-electron chi connectivity index (χ4n) is 2.57. The fourth-order valence-corrected chi connectivity index (χ4v) is 2.57. The summed E-state index contributed by atoms with van der Waals surface area (Å²) in [6.07, 6.45) is 0.928. The number of carbonyl (C=O) groups is 1. The molecule has 2 atom stereocenters. The van der Waals surface area contributed by atoms with E-state index in [0.29, 0.717) is 13.1 Å². The maximum Gasteiger partial charge on any atom is 0.263 e. The third kappa shape index (κ3) is 3.94. The van der Waals surface area contributed by atoms with E-state index in [9.17, 15) is 13.6 Å². The number of hydrogen-bond acceptors (Lipinski definition) is 3. The van der Waals surface area contributed by atoms with Crippen LogP contribution < -0.4 is 10.5 Å². The zero-order valence-electron chi connectivity index (χ0n) is 12.9. The molecule has 2 N–H and O–H groups in total. The number of carbonyl (C=O) groups excluding carboxylic acids is 1. The Hall–Kier alpha value is -1.69. The third-order valence-electron chi connectivity index (χ3n) is 3.77. The van der Waals surface area contributed by atoms with E-state index in [-0.39, 0.29) is 23.6 Å². The molecule has 1 aliphatic heterocycles. The van der Waals surface area contributed by atoms with Crippen molar-refractivity contribution < 1.29 is 18.3 Å². The summed E-state index contributed by atoms with van der Waals surface area (Å²) >= 11 is 0. The topological polar surface area (TPSA) is 55.6 Å². The number of rotatable bonds is 4. The van der Waals surface area contributed by atoms with Crippen molar-refractivity contribution in [2.24, 2.45) is 11.7 Å². The van der Waals surface area contributed by atoms with E-state index in [0.717, 1.165) is 25.0 Å². The zero-order valence-corrected chi connectivity index (χ0v) is 12.9. The van der Waals surface area contributed by atoms with E-state index >= 15 is 0 Å². The molecule has 2 rings (SSSR count). The van der Waals surface area contributed by atoms with Crippen molar-refractivity contribution in [1.82, 2.24) is 4.90 Å².